The molecule has 1 heterocycles. The van der Waals surface area contributed by atoms with E-state index in [1.54, 1.807) is 0 Å². The lowest BCUT2D eigenvalue weighted by Crippen LogP contribution is -2.56. The number of amides is 1. The topological polar surface area (TPSA) is 73.1 Å². The average molecular weight is 382 g/mol. The maximum Gasteiger partial charge on any atom is 0.438 e. The minimum atomic E-state index is -5.21. The molecule has 142 valence electrons. The maximum atomic E-state index is 13.6. The first-order chi connectivity index (χ1) is 12.5. The summed E-state index contributed by atoms with van der Waals surface area (Å²) in [4.78, 5) is 12.7. The normalized spacial score (nSPS) is 19.9. The fourth-order valence-electron chi connectivity index (χ4n) is 2.73. The number of aliphatic hydroxyl groups is 1. The number of halogens is 4. The standard InChI is InChI=1S/C18H14F4N2O3/c1-10-3-2-4-13(15(10)25)16(26)24-17(27,18(20,21)22)9-14(23-24)11-5-7-12(19)8-6-11/h2-8,25,27H,9H2,1H3/t17-/m1/s1. The molecule has 0 unspecified atom stereocenters. The number of carbonyl (C=O) groups is 1. The number of rotatable bonds is 2. The SMILES string of the molecule is Cc1cccc(C(=O)N2N=C(c3ccc(F)cc3)C[C@@]2(O)C(F)(F)F)c1O. The number of hydrazone groups is 1. The Morgan fingerprint density at radius 3 is 2.41 bits per heavy atom. The highest BCUT2D eigenvalue weighted by atomic mass is 19.4. The van der Waals surface area contributed by atoms with Crippen LogP contribution in [0.4, 0.5) is 17.6 Å². The van der Waals surface area contributed by atoms with E-state index in [2.05, 4.69) is 5.10 Å². The van der Waals surface area contributed by atoms with Crippen LogP contribution in [0.15, 0.2) is 47.6 Å². The van der Waals surface area contributed by atoms with Crippen molar-refractivity contribution in [2.75, 3.05) is 0 Å². The summed E-state index contributed by atoms with van der Waals surface area (Å²) < 4.78 is 53.8. The first-order valence-electron chi connectivity index (χ1n) is 7.80. The van der Waals surface area contributed by atoms with E-state index in [1.807, 2.05) is 0 Å². The first kappa shape index (κ1) is 18.8. The van der Waals surface area contributed by atoms with Crippen molar-refractivity contribution in [1.29, 1.82) is 0 Å². The van der Waals surface area contributed by atoms with Crippen molar-refractivity contribution in [2.24, 2.45) is 5.10 Å². The van der Waals surface area contributed by atoms with Crippen molar-refractivity contribution in [3.63, 3.8) is 0 Å². The lowest BCUT2D eigenvalue weighted by molar-refractivity contribution is -0.297. The van der Waals surface area contributed by atoms with E-state index in [-0.39, 0.29) is 21.8 Å². The zero-order valence-electron chi connectivity index (χ0n) is 14.0. The first-order valence-corrected chi connectivity index (χ1v) is 7.80. The molecule has 2 aromatic rings. The molecule has 2 aromatic carbocycles. The van der Waals surface area contributed by atoms with Crippen LogP contribution in [0.2, 0.25) is 0 Å². The Morgan fingerprint density at radius 2 is 1.81 bits per heavy atom. The third-order valence-electron chi connectivity index (χ3n) is 4.28. The number of nitrogens with zero attached hydrogens (tertiary/aromatic N) is 2. The number of alkyl halides is 3. The molecule has 1 aliphatic rings. The number of phenolic OH excluding ortho intramolecular Hbond substituents is 1. The Balaban J connectivity index is 2.09. The Morgan fingerprint density at radius 1 is 1.19 bits per heavy atom. The van der Waals surface area contributed by atoms with E-state index in [1.165, 1.54) is 31.2 Å². The number of hydrogen-bond acceptors (Lipinski definition) is 4. The Hall–Kier alpha value is -2.94. The second kappa shape index (κ2) is 6.34. The summed E-state index contributed by atoms with van der Waals surface area (Å²) in [5.41, 5.74) is -3.86. The van der Waals surface area contributed by atoms with Gasteiger partial charge >= 0.3 is 6.18 Å². The summed E-state index contributed by atoms with van der Waals surface area (Å²) in [6.07, 6.45) is -6.24. The van der Waals surface area contributed by atoms with Crippen molar-refractivity contribution in [1.82, 2.24) is 5.01 Å². The second-order valence-electron chi connectivity index (χ2n) is 6.13. The highest BCUT2D eigenvalue weighted by Crippen LogP contribution is 2.42. The van der Waals surface area contributed by atoms with Crippen LogP contribution in [0, 0.1) is 12.7 Å². The van der Waals surface area contributed by atoms with Gasteiger partial charge in [-0.15, -0.1) is 0 Å². The second-order valence-corrected chi connectivity index (χ2v) is 6.13. The largest absolute Gasteiger partial charge is 0.507 e. The summed E-state index contributed by atoms with van der Waals surface area (Å²) in [6, 6.07) is 8.44. The number of para-hydroxylation sites is 1. The molecule has 1 atom stereocenters. The molecule has 5 nitrogen and oxygen atoms in total. The lowest BCUT2D eigenvalue weighted by atomic mass is 10.00. The third kappa shape index (κ3) is 3.14. The minimum absolute atomic E-state index is 0.0832. The van der Waals surface area contributed by atoms with Crippen LogP contribution in [-0.2, 0) is 0 Å². The molecule has 1 amide bonds. The molecule has 2 N–H and O–H groups in total. The van der Waals surface area contributed by atoms with E-state index in [4.69, 9.17) is 0 Å². The van der Waals surface area contributed by atoms with Gasteiger partial charge in [0.05, 0.1) is 17.7 Å². The van der Waals surface area contributed by atoms with Gasteiger partial charge < -0.3 is 10.2 Å². The zero-order chi connectivity index (χ0) is 20.0. The average Bonchev–Trinajstić information content (AvgIpc) is 2.96. The number of hydrogen-bond donors (Lipinski definition) is 2. The molecule has 0 radical (unpaired) electrons. The van der Waals surface area contributed by atoms with Gasteiger partial charge in [-0.3, -0.25) is 4.79 Å². The number of aromatic hydroxyl groups is 1. The monoisotopic (exact) mass is 382 g/mol. The Labute approximate surface area is 151 Å². The molecule has 0 bridgehead atoms. The van der Waals surface area contributed by atoms with Crippen LogP contribution in [-0.4, -0.2) is 38.7 Å². The Kier molecular flexibility index (Phi) is 4.43. The van der Waals surface area contributed by atoms with Crippen LogP contribution in [0.5, 0.6) is 5.75 Å². The van der Waals surface area contributed by atoms with Crippen molar-refractivity contribution in [3.05, 3.63) is 65.0 Å². The molecule has 0 saturated carbocycles. The molecule has 27 heavy (non-hydrogen) atoms. The van der Waals surface area contributed by atoms with Gasteiger partial charge in [-0.05, 0) is 36.2 Å². The van der Waals surface area contributed by atoms with Gasteiger partial charge in [-0.25, -0.2) is 4.39 Å². The fraction of sp³-hybridized carbons (Fsp3) is 0.222. The molecule has 1 aliphatic heterocycles. The Bertz CT molecular complexity index is 925. The third-order valence-corrected chi connectivity index (χ3v) is 4.28. The number of carbonyl (C=O) groups excluding carboxylic acids is 1. The van der Waals surface area contributed by atoms with E-state index >= 15 is 0 Å². The quantitative estimate of drug-likeness (QED) is 0.783. The van der Waals surface area contributed by atoms with Gasteiger partial charge in [0.15, 0.2) is 0 Å². The van der Waals surface area contributed by atoms with Crippen LogP contribution >= 0.6 is 0 Å². The van der Waals surface area contributed by atoms with Gasteiger partial charge in [-0.2, -0.15) is 23.3 Å². The minimum Gasteiger partial charge on any atom is -0.507 e. The molecule has 0 aromatic heterocycles. The zero-order valence-corrected chi connectivity index (χ0v) is 14.0. The maximum absolute atomic E-state index is 13.6. The van der Waals surface area contributed by atoms with Crippen molar-refractivity contribution < 1.29 is 32.6 Å². The van der Waals surface area contributed by atoms with Crippen LogP contribution in [0.1, 0.15) is 27.9 Å². The molecule has 0 spiro atoms. The van der Waals surface area contributed by atoms with Crippen molar-refractivity contribution >= 4 is 11.6 Å². The van der Waals surface area contributed by atoms with Gasteiger partial charge in [0, 0.05) is 0 Å². The highest BCUT2D eigenvalue weighted by molar-refractivity contribution is 6.06. The molecule has 0 saturated heterocycles. The summed E-state index contributed by atoms with van der Waals surface area (Å²) in [6.45, 7) is 1.47. The van der Waals surface area contributed by atoms with Gasteiger partial charge in [-0.1, -0.05) is 24.3 Å². The lowest BCUT2D eigenvalue weighted by Gasteiger charge is -2.32. The van der Waals surface area contributed by atoms with E-state index in [0.717, 1.165) is 18.2 Å². The van der Waals surface area contributed by atoms with Gasteiger partial charge in [0.1, 0.15) is 11.6 Å². The molecule has 9 heteroatoms. The van der Waals surface area contributed by atoms with Gasteiger partial charge in [0.25, 0.3) is 11.6 Å². The summed E-state index contributed by atoms with van der Waals surface area (Å²) in [5, 5.41) is 23.9. The summed E-state index contributed by atoms with van der Waals surface area (Å²) >= 11 is 0. The van der Waals surface area contributed by atoms with E-state index < -0.39 is 41.4 Å². The number of phenols is 1. The van der Waals surface area contributed by atoms with Crippen LogP contribution < -0.4 is 0 Å². The van der Waals surface area contributed by atoms with Gasteiger partial charge in [0.2, 0.25) is 0 Å². The molecule has 3 rings (SSSR count). The predicted molar refractivity (Wildman–Crippen MR) is 87.6 cm³/mol. The molecular weight excluding hydrogens is 368 g/mol. The van der Waals surface area contributed by atoms with Crippen molar-refractivity contribution in [3.8, 4) is 5.75 Å². The van der Waals surface area contributed by atoms with E-state index in [9.17, 15) is 32.6 Å². The number of benzene rings is 2. The smallest absolute Gasteiger partial charge is 0.438 e. The molecule has 0 fully saturated rings. The summed E-state index contributed by atoms with van der Waals surface area (Å²) in [7, 11) is 0. The number of aryl methyl sites for hydroxylation is 1. The van der Waals surface area contributed by atoms with Crippen molar-refractivity contribution in [2.45, 2.75) is 25.2 Å². The fourth-order valence-corrected chi connectivity index (χ4v) is 2.73. The van der Waals surface area contributed by atoms with Crippen LogP contribution in [0.25, 0.3) is 0 Å². The molecule has 0 aliphatic carbocycles. The van der Waals surface area contributed by atoms with Crippen LogP contribution in [0.3, 0.4) is 0 Å². The van der Waals surface area contributed by atoms with E-state index in [0.29, 0.717) is 0 Å². The highest BCUT2D eigenvalue weighted by Gasteiger charge is 2.63. The summed E-state index contributed by atoms with van der Waals surface area (Å²) in [5.74, 6) is -2.41. The molecular formula is C18H14F4N2O3. The predicted octanol–water partition coefficient (Wildman–Crippen LogP) is 3.34.